The van der Waals surface area contributed by atoms with Crippen molar-refractivity contribution in [2.75, 3.05) is 19.6 Å². The van der Waals surface area contributed by atoms with E-state index in [0.29, 0.717) is 17.3 Å². The van der Waals surface area contributed by atoms with E-state index >= 15 is 0 Å². The van der Waals surface area contributed by atoms with Crippen molar-refractivity contribution >= 4 is 5.91 Å². The SMILES string of the molecule is Cc1nnc(-c2cccc(C(=O)NC3CCN(CC4CC4)C3)c2)o1. The van der Waals surface area contributed by atoms with Crippen LogP contribution in [0.15, 0.2) is 28.7 Å². The number of carbonyl (C=O) groups is 1. The molecule has 1 saturated carbocycles. The molecule has 0 spiro atoms. The Labute approximate surface area is 141 Å². The van der Waals surface area contributed by atoms with Gasteiger partial charge in [0.15, 0.2) is 0 Å². The lowest BCUT2D eigenvalue weighted by atomic mass is 10.1. The van der Waals surface area contributed by atoms with Crippen molar-refractivity contribution in [1.29, 1.82) is 0 Å². The highest BCUT2D eigenvalue weighted by Crippen LogP contribution is 2.30. The van der Waals surface area contributed by atoms with Gasteiger partial charge in [0.2, 0.25) is 11.8 Å². The van der Waals surface area contributed by atoms with Crippen LogP contribution in [-0.4, -0.2) is 46.7 Å². The summed E-state index contributed by atoms with van der Waals surface area (Å²) < 4.78 is 5.43. The number of carbonyl (C=O) groups excluding carboxylic acids is 1. The van der Waals surface area contributed by atoms with Crippen molar-refractivity contribution in [3.8, 4) is 11.5 Å². The van der Waals surface area contributed by atoms with E-state index in [9.17, 15) is 4.79 Å². The summed E-state index contributed by atoms with van der Waals surface area (Å²) >= 11 is 0. The maximum atomic E-state index is 12.5. The molecule has 1 aromatic heterocycles. The van der Waals surface area contributed by atoms with Gasteiger partial charge >= 0.3 is 0 Å². The molecule has 2 fully saturated rings. The van der Waals surface area contributed by atoms with E-state index in [2.05, 4.69) is 20.4 Å². The van der Waals surface area contributed by atoms with Crippen LogP contribution in [0.3, 0.4) is 0 Å². The highest BCUT2D eigenvalue weighted by molar-refractivity contribution is 5.95. The van der Waals surface area contributed by atoms with Crippen LogP contribution in [0.5, 0.6) is 0 Å². The predicted molar refractivity (Wildman–Crippen MR) is 89.5 cm³/mol. The van der Waals surface area contributed by atoms with Crippen LogP contribution in [-0.2, 0) is 0 Å². The lowest BCUT2D eigenvalue weighted by molar-refractivity contribution is 0.0937. The first-order chi connectivity index (χ1) is 11.7. The Morgan fingerprint density at radius 1 is 1.33 bits per heavy atom. The third-order valence-corrected chi connectivity index (χ3v) is 4.72. The van der Waals surface area contributed by atoms with Gasteiger partial charge in [-0.15, -0.1) is 10.2 Å². The summed E-state index contributed by atoms with van der Waals surface area (Å²) in [6, 6.07) is 7.58. The average Bonchev–Trinajstić information content (AvgIpc) is 3.11. The molecule has 2 heterocycles. The van der Waals surface area contributed by atoms with Crippen LogP contribution in [0.25, 0.3) is 11.5 Å². The van der Waals surface area contributed by atoms with E-state index in [4.69, 9.17) is 4.42 Å². The zero-order valence-electron chi connectivity index (χ0n) is 13.9. The third kappa shape index (κ3) is 3.48. The molecular weight excluding hydrogens is 304 g/mol. The highest BCUT2D eigenvalue weighted by Gasteiger charge is 2.29. The fraction of sp³-hybridized carbons (Fsp3) is 0.500. The summed E-state index contributed by atoms with van der Waals surface area (Å²) in [5, 5.41) is 11.0. The second-order valence-electron chi connectivity index (χ2n) is 6.87. The average molecular weight is 326 g/mol. The van der Waals surface area contributed by atoms with Crippen LogP contribution in [0.1, 0.15) is 35.5 Å². The lowest BCUT2D eigenvalue weighted by Gasteiger charge is -2.16. The summed E-state index contributed by atoms with van der Waals surface area (Å²) in [7, 11) is 0. The standard InChI is InChI=1S/C18H22N4O2/c1-12-20-21-18(24-12)15-4-2-3-14(9-15)17(23)19-16-7-8-22(11-16)10-13-5-6-13/h2-4,9,13,16H,5-8,10-11H2,1H3,(H,19,23). The van der Waals surface area contributed by atoms with Gasteiger partial charge < -0.3 is 14.6 Å². The minimum atomic E-state index is -0.0358. The number of benzene rings is 1. The number of nitrogens with zero attached hydrogens (tertiary/aromatic N) is 3. The first-order valence-corrected chi connectivity index (χ1v) is 8.61. The second kappa shape index (κ2) is 6.36. The Kier molecular flexibility index (Phi) is 4.06. The number of hydrogen-bond donors (Lipinski definition) is 1. The zero-order chi connectivity index (χ0) is 16.5. The number of rotatable bonds is 5. The third-order valence-electron chi connectivity index (χ3n) is 4.72. The van der Waals surface area contributed by atoms with Gasteiger partial charge in [-0.3, -0.25) is 4.79 Å². The first-order valence-electron chi connectivity index (χ1n) is 8.61. The van der Waals surface area contributed by atoms with E-state index in [1.807, 2.05) is 18.2 Å². The maximum absolute atomic E-state index is 12.5. The number of likely N-dealkylation sites (tertiary alicyclic amines) is 1. The predicted octanol–water partition coefficient (Wildman–Crippen LogP) is 2.26. The Bertz CT molecular complexity index is 738. The highest BCUT2D eigenvalue weighted by atomic mass is 16.4. The Balaban J connectivity index is 1.39. The summed E-state index contributed by atoms with van der Waals surface area (Å²) in [5.41, 5.74) is 1.40. The zero-order valence-corrected chi connectivity index (χ0v) is 13.9. The Morgan fingerprint density at radius 2 is 2.21 bits per heavy atom. The topological polar surface area (TPSA) is 71.3 Å². The maximum Gasteiger partial charge on any atom is 0.251 e. The molecule has 1 atom stereocenters. The van der Waals surface area contributed by atoms with Crippen molar-refractivity contribution in [3.63, 3.8) is 0 Å². The molecule has 2 aromatic rings. The van der Waals surface area contributed by atoms with Gasteiger partial charge in [0, 0.05) is 43.7 Å². The molecule has 1 aliphatic carbocycles. The second-order valence-corrected chi connectivity index (χ2v) is 6.87. The molecule has 4 rings (SSSR count). The minimum Gasteiger partial charge on any atom is -0.421 e. The first kappa shape index (κ1) is 15.3. The van der Waals surface area contributed by atoms with Gasteiger partial charge in [-0.05, 0) is 43.4 Å². The molecule has 6 nitrogen and oxygen atoms in total. The molecule has 0 radical (unpaired) electrons. The van der Waals surface area contributed by atoms with E-state index in [0.717, 1.165) is 31.0 Å². The van der Waals surface area contributed by atoms with E-state index in [1.54, 1.807) is 13.0 Å². The molecule has 2 aliphatic rings. The molecule has 1 aromatic carbocycles. The molecule has 1 saturated heterocycles. The molecule has 1 amide bonds. The molecule has 6 heteroatoms. The van der Waals surface area contributed by atoms with Crippen molar-refractivity contribution in [2.45, 2.75) is 32.2 Å². The molecule has 1 N–H and O–H groups in total. The molecule has 1 aliphatic heterocycles. The van der Waals surface area contributed by atoms with Gasteiger partial charge in [0.05, 0.1) is 0 Å². The number of aryl methyl sites for hydroxylation is 1. The summed E-state index contributed by atoms with van der Waals surface area (Å²) in [6.07, 6.45) is 3.77. The normalized spacial score (nSPS) is 21.1. The van der Waals surface area contributed by atoms with Crippen LogP contribution in [0.4, 0.5) is 0 Å². The van der Waals surface area contributed by atoms with Gasteiger partial charge in [-0.1, -0.05) is 6.07 Å². The summed E-state index contributed by atoms with van der Waals surface area (Å²) in [6.45, 7) is 4.99. The number of hydrogen-bond acceptors (Lipinski definition) is 5. The molecule has 126 valence electrons. The minimum absolute atomic E-state index is 0.0358. The number of amides is 1. The van der Waals surface area contributed by atoms with Crippen molar-refractivity contribution in [1.82, 2.24) is 20.4 Å². The van der Waals surface area contributed by atoms with E-state index < -0.39 is 0 Å². The van der Waals surface area contributed by atoms with Crippen molar-refractivity contribution < 1.29 is 9.21 Å². The van der Waals surface area contributed by atoms with Gasteiger partial charge in [-0.25, -0.2) is 0 Å². The van der Waals surface area contributed by atoms with Gasteiger partial charge in [0.1, 0.15) is 0 Å². The van der Waals surface area contributed by atoms with Crippen molar-refractivity contribution in [2.24, 2.45) is 5.92 Å². The van der Waals surface area contributed by atoms with Gasteiger partial charge in [-0.2, -0.15) is 0 Å². The van der Waals surface area contributed by atoms with Crippen LogP contribution >= 0.6 is 0 Å². The fourth-order valence-corrected chi connectivity index (χ4v) is 3.26. The lowest BCUT2D eigenvalue weighted by Crippen LogP contribution is -2.37. The Hall–Kier alpha value is -2.21. The molecular formula is C18H22N4O2. The molecule has 0 bridgehead atoms. The van der Waals surface area contributed by atoms with Crippen molar-refractivity contribution in [3.05, 3.63) is 35.7 Å². The van der Waals surface area contributed by atoms with E-state index in [1.165, 1.54) is 19.4 Å². The number of nitrogens with one attached hydrogen (secondary N) is 1. The Morgan fingerprint density at radius 3 is 2.96 bits per heavy atom. The van der Waals surface area contributed by atoms with Crippen LogP contribution in [0.2, 0.25) is 0 Å². The molecule has 1 unspecified atom stereocenters. The smallest absolute Gasteiger partial charge is 0.251 e. The summed E-state index contributed by atoms with van der Waals surface area (Å²) in [5.74, 6) is 1.82. The monoisotopic (exact) mass is 326 g/mol. The number of aromatic nitrogens is 2. The summed E-state index contributed by atoms with van der Waals surface area (Å²) in [4.78, 5) is 15.0. The van der Waals surface area contributed by atoms with E-state index in [-0.39, 0.29) is 11.9 Å². The molecule has 24 heavy (non-hydrogen) atoms. The largest absolute Gasteiger partial charge is 0.421 e. The van der Waals surface area contributed by atoms with Crippen LogP contribution < -0.4 is 5.32 Å². The van der Waals surface area contributed by atoms with Gasteiger partial charge in [0.25, 0.3) is 5.91 Å². The fourth-order valence-electron chi connectivity index (χ4n) is 3.26. The quantitative estimate of drug-likeness (QED) is 0.912. The van der Waals surface area contributed by atoms with Crippen LogP contribution in [0, 0.1) is 12.8 Å².